The number of imidazole rings is 1. The Labute approximate surface area is 172 Å². The van der Waals surface area contributed by atoms with Crippen LogP contribution in [0.2, 0.25) is 10.0 Å². The number of aromatic nitrogens is 2. The van der Waals surface area contributed by atoms with E-state index in [1.165, 1.54) is 5.56 Å². The van der Waals surface area contributed by atoms with Gasteiger partial charge in [-0.3, -0.25) is 4.57 Å². The maximum Gasteiger partial charge on any atom is 0.173 e. The second-order valence-electron chi connectivity index (χ2n) is 6.00. The molecule has 5 heteroatoms. The maximum atomic E-state index is 6.24. The lowest BCUT2D eigenvalue weighted by molar-refractivity contribution is 0.900. The number of halogens is 2. The molecule has 0 aliphatic carbocycles. The summed E-state index contributed by atoms with van der Waals surface area (Å²) in [5.41, 5.74) is 4.29. The molecule has 0 saturated carbocycles. The van der Waals surface area contributed by atoms with Crippen molar-refractivity contribution >= 4 is 35.0 Å². The molecule has 2 nitrogen and oxygen atoms in total. The van der Waals surface area contributed by atoms with Crippen LogP contribution in [0.25, 0.3) is 16.9 Å². The van der Waals surface area contributed by atoms with Crippen LogP contribution in [0, 0.1) is 0 Å². The molecule has 0 fully saturated rings. The lowest BCUT2D eigenvalue weighted by atomic mass is 10.1. The molecule has 0 radical (unpaired) electrons. The highest BCUT2D eigenvalue weighted by atomic mass is 35.5. The van der Waals surface area contributed by atoms with Crippen LogP contribution in [0.3, 0.4) is 0 Å². The van der Waals surface area contributed by atoms with E-state index in [2.05, 4.69) is 45.9 Å². The van der Waals surface area contributed by atoms with Crippen LogP contribution >= 0.6 is 35.0 Å². The Morgan fingerprint density at radius 3 is 2.22 bits per heavy atom. The normalized spacial score (nSPS) is 10.9. The Morgan fingerprint density at radius 2 is 1.52 bits per heavy atom. The van der Waals surface area contributed by atoms with Crippen molar-refractivity contribution in [1.29, 1.82) is 0 Å². The summed E-state index contributed by atoms with van der Waals surface area (Å²) in [5.74, 6) is 0.853. The molecule has 0 spiro atoms. The summed E-state index contributed by atoms with van der Waals surface area (Å²) in [6, 6.07) is 26.3. The highest BCUT2D eigenvalue weighted by molar-refractivity contribution is 7.98. The molecule has 0 aliphatic rings. The first kappa shape index (κ1) is 18.2. The molecule has 0 saturated heterocycles. The van der Waals surface area contributed by atoms with E-state index < -0.39 is 0 Å². The third kappa shape index (κ3) is 4.06. The highest BCUT2D eigenvalue weighted by Crippen LogP contribution is 2.34. The molecular formula is C22H16Cl2N2S. The summed E-state index contributed by atoms with van der Waals surface area (Å²) in [5, 5.41) is 2.02. The Hall–Kier alpha value is -2.20. The van der Waals surface area contributed by atoms with Crippen LogP contribution in [0.5, 0.6) is 0 Å². The van der Waals surface area contributed by atoms with Crippen LogP contribution in [-0.4, -0.2) is 9.55 Å². The molecule has 4 rings (SSSR count). The number of para-hydroxylation sites is 1. The van der Waals surface area contributed by atoms with Crippen molar-refractivity contribution in [3.05, 3.63) is 101 Å². The van der Waals surface area contributed by atoms with Gasteiger partial charge >= 0.3 is 0 Å². The summed E-state index contributed by atoms with van der Waals surface area (Å²) in [6.07, 6.45) is 1.89. The van der Waals surface area contributed by atoms with E-state index in [1.807, 2.05) is 48.7 Å². The lowest BCUT2D eigenvalue weighted by Crippen LogP contribution is -1.99. The van der Waals surface area contributed by atoms with Gasteiger partial charge in [-0.05, 0) is 29.8 Å². The van der Waals surface area contributed by atoms with E-state index in [4.69, 9.17) is 23.2 Å². The first-order valence-corrected chi connectivity index (χ1v) is 10.2. The van der Waals surface area contributed by atoms with Gasteiger partial charge in [0.05, 0.1) is 21.9 Å². The van der Waals surface area contributed by atoms with Crippen molar-refractivity contribution in [1.82, 2.24) is 9.55 Å². The van der Waals surface area contributed by atoms with Crippen LogP contribution in [-0.2, 0) is 5.75 Å². The van der Waals surface area contributed by atoms with Gasteiger partial charge < -0.3 is 0 Å². The van der Waals surface area contributed by atoms with E-state index in [9.17, 15) is 0 Å². The fourth-order valence-corrected chi connectivity index (χ4v) is 4.09. The van der Waals surface area contributed by atoms with E-state index >= 15 is 0 Å². The molecule has 0 aliphatic heterocycles. The number of nitrogens with zero attached hydrogens (tertiary/aromatic N) is 2. The summed E-state index contributed by atoms with van der Waals surface area (Å²) in [4.78, 5) is 4.69. The second kappa shape index (κ2) is 8.22. The van der Waals surface area contributed by atoms with Crippen molar-refractivity contribution in [2.24, 2.45) is 0 Å². The molecule has 1 heterocycles. The van der Waals surface area contributed by atoms with Gasteiger partial charge in [0, 0.05) is 17.0 Å². The van der Waals surface area contributed by atoms with Gasteiger partial charge in [0.25, 0.3) is 0 Å². The van der Waals surface area contributed by atoms with Gasteiger partial charge in [-0.15, -0.1) is 0 Å². The summed E-state index contributed by atoms with van der Waals surface area (Å²) in [7, 11) is 0. The largest absolute Gasteiger partial charge is 0.287 e. The topological polar surface area (TPSA) is 17.8 Å². The minimum atomic E-state index is 0.536. The SMILES string of the molecule is Clc1ccc(-c2cnc(SCc3ccccc3)n2-c2ccccc2)cc1Cl. The molecular weight excluding hydrogens is 395 g/mol. The van der Waals surface area contributed by atoms with Gasteiger partial charge in [-0.1, -0.05) is 89.6 Å². The van der Waals surface area contributed by atoms with Crippen LogP contribution in [0.15, 0.2) is 90.2 Å². The number of hydrogen-bond donors (Lipinski definition) is 0. The zero-order chi connectivity index (χ0) is 18.6. The predicted octanol–water partition coefficient (Wildman–Crippen LogP) is 7.14. The quantitative estimate of drug-likeness (QED) is 0.325. The Morgan fingerprint density at radius 1 is 0.815 bits per heavy atom. The van der Waals surface area contributed by atoms with E-state index in [0.717, 1.165) is 27.9 Å². The number of thioether (sulfide) groups is 1. The Kier molecular flexibility index (Phi) is 5.53. The molecule has 0 N–H and O–H groups in total. The maximum absolute atomic E-state index is 6.24. The number of rotatable bonds is 5. The van der Waals surface area contributed by atoms with Gasteiger partial charge in [-0.2, -0.15) is 0 Å². The van der Waals surface area contributed by atoms with Crippen molar-refractivity contribution in [2.45, 2.75) is 10.9 Å². The monoisotopic (exact) mass is 410 g/mol. The Balaban J connectivity index is 1.75. The van der Waals surface area contributed by atoms with Crippen LogP contribution in [0.1, 0.15) is 5.56 Å². The molecule has 134 valence electrons. The van der Waals surface area contributed by atoms with E-state index in [0.29, 0.717) is 10.0 Å². The average molecular weight is 411 g/mol. The molecule has 0 atom stereocenters. The zero-order valence-corrected chi connectivity index (χ0v) is 16.7. The van der Waals surface area contributed by atoms with Crippen LogP contribution in [0.4, 0.5) is 0 Å². The van der Waals surface area contributed by atoms with E-state index in [1.54, 1.807) is 11.8 Å². The number of benzene rings is 3. The molecule has 0 amide bonds. The first-order chi connectivity index (χ1) is 13.2. The predicted molar refractivity (Wildman–Crippen MR) is 115 cm³/mol. The number of hydrogen-bond acceptors (Lipinski definition) is 2. The Bertz CT molecular complexity index is 1050. The molecule has 27 heavy (non-hydrogen) atoms. The first-order valence-electron chi connectivity index (χ1n) is 8.48. The van der Waals surface area contributed by atoms with Crippen molar-refractivity contribution in [3.63, 3.8) is 0 Å². The summed E-state index contributed by atoms with van der Waals surface area (Å²) < 4.78 is 2.16. The molecule has 0 unspecified atom stereocenters. The minimum Gasteiger partial charge on any atom is -0.287 e. The second-order valence-corrected chi connectivity index (χ2v) is 7.76. The minimum absolute atomic E-state index is 0.536. The van der Waals surface area contributed by atoms with Gasteiger partial charge in [0.2, 0.25) is 0 Å². The van der Waals surface area contributed by atoms with Crippen molar-refractivity contribution < 1.29 is 0 Å². The smallest absolute Gasteiger partial charge is 0.173 e. The molecule has 3 aromatic carbocycles. The molecule has 4 aromatic rings. The average Bonchev–Trinajstić information content (AvgIpc) is 3.14. The fourth-order valence-electron chi connectivity index (χ4n) is 2.84. The molecule has 0 bridgehead atoms. The van der Waals surface area contributed by atoms with Crippen molar-refractivity contribution in [2.75, 3.05) is 0 Å². The highest BCUT2D eigenvalue weighted by Gasteiger charge is 2.15. The third-order valence-electron chi connectivity index (χ3n) is 4.17. The van der Waals surface area contributed by atoms with Gasteiger partial charge in [0.15, 0.2) is 5.16 Å². The lowest BCUT2D eigenvalue weighted by Gasteiger charge is -2.12. The van der Waals surface area contributed by atoms with E-state index in [-0.39, 0.29) is 0 Å². The third-order valence-corrected chi connectivity index (χ3v) is 5.93. The fraction of sp³-hybridized carbons (Fsp3) is 0.0455. The van der Waals surface area contributed by atoms with Gasteiger partial charge in [-0.25, -0.2) is 4.98 Å². The zero-order valence-electron chi connectivity index (χ0n) is 14.3. The van der Waals surface area contributed by atoms with Gasteiger partial charge in [0.1, 0.15) is 0 Å². The van der Waals surface area contributed by atoms with Crippen LogP contribution < -0.4 is 0 Å². The standard InChI is InChI=1S/C22H16Cl2N2S/c23-19-12-11-17(13-20(19)24)21-14-25-22(26(21)18-9-5-2-6-10-18)27-15-16-7-3-1-4-8-16/h1-14H,15H2. The van der Waals surface area contributed by atoms with Crippen molar-refractivity contribution in [3.8, 4) is 16.9 Å². The summed E-state index contributed by atoms with van der Waals surface area (Å²) in [6.45, 7) is 0. The molecule has 1 aromatic heterocycles. The summed E-state index contributed by atoms with van der Waals surface area (Å²) >= 11 is 14.0.